The van der Waals surface area contributed by atoms with Crippen LogP contribution in [0.15, 0.2) is 42.5 Å². The first-order chi connectivity index (χ1) is 12.4. The zero-order valence-corrected chi connectivity index (χ0v) is 14.5. The van der Waals surface area contributed by atoms with Gasteiger partial charge in [-0.2, -0.15) is 0 Å². The number of carbonyl (C=O) groups excluding carboxylic acids is 2. The lowest BCUT2D eigenvalue weighted by molar-refractivity contribution is -0.385. The Balaban J connectivity index is 1.66. The number of benzene rings is 2. The number of nitro benzene ring substituents is 1. The molecule has 0 atom stereocenters. The van der Waals surface area contributed by atoms with Gasteiger partial charge in [-0.3, -0.25) is 19.7 Å². The standard InChI is InChI=1S/C18H16ClN3O4/c19-13-6-7-15(16(9-13)22(25)26)18(24)20-10-11-2-1-3-14(8-11)21-17(23)12-4-5-12/h1-3,6-9,12H,4-5,10H2,(H,20,24)(H,21,23). The molecule has 0 aromatic heterocycles. The molecule has 2 N–H and O–H groups in total. The number of nitro groups is 1. The lowest BCUT2D eigenvalue weighted by Crippen LogP contribution is -2.23. The van der Waals surface area contributed by atoms with Gasteiger partial charge < -0.3 is 10.6 Å². The molecule has 8 heteroatoms. The minimum atomic E-state index is -0.644. The van der Waals surface area contributed by atoms with E-state index in [2.05, 4.69) is 10.6 Å². The third kappa shape index (κ3) is 4.37. The van der Waals surface area contributed by atoms with Gasteiger partial charge in [0.25, 0.3) is 11.6 Å². The van der Waals surface area contributed by atoms with E-state index < -0.39 is 10.8 Å². The van der Waals surface area contributed by atoms with Crippen molar-refractivity contribution in [1.82, 2.24) is 5.32 Å². The molecule has 2 aromatic rings. The van der Waals surface area contributed by atoms with Crippen LogP contribution < -0.4 is 10.6 Å². The van der Waals surface area contributed by atoms with Crippen molar-refractivity contribution in [2.75, 3.05) is 5.32 Å². The van der Waals surface area contributed by atoms with E-state index >= 15 is 0 Å². The number of hydrogen-bond acceptors (Lipinski definition) is 4. The molecule has 0 bridgehead atoms. The van der Waals surface area contributed by atoms with Crippen molar-refractivity contribution in [3.63, 3.8) is 0 Å². The maximum atomic E-state index is 12.3. The first-order valence-electron chi connectivity index (χ1n) is 8.06. The van der Waals surface area contributed by atoms with Crippen LogP contribution in [0.1, 0.15) is 28.8 Å². The summed E-state index contributed by atoms with van der Waals surface area (Å²) >= 11 is 5.75. The monoisotopic (exact) mass is 373 g/mol. The number of amides is 2. The van der Waals surface area contributed by atoms with Crippen LogP contribution in [-0.2, 0) is 11.3 Å². The van der Waals surface area contributed by atoms with Gasteiger partial charge in [-0.05, 0) is 42.7 Å². The van der Waals surface area contributed by atoms with Gasteiger partial charge >= 0.3 is 0 Å². The zero-order chi connectivity index (χ0) is 18.7. The Labute approximate surface area is 154 Å². The lowest BCUT2D eigenvalue weighted by Gasteiger charge is -2.09. The van der Waals surface area contributed by atoms with Gasteiger partial charge in [0.1, 0.15) is 5.56 Å². The Morgan fingerprint density at radius 3 is 2.65 bits per heavy atom. The predicted molar refractivity (Wildman–Crippen MR) is 97.1 cm³/mol. The maximum absolute atomic E-state index is 12.3. The number of rotatable bonds is 6. The summed E-state index contributed by atoms with van der Waals surface area (Å²) in [7, 11) is 0. The Kier molecular flexibility index (Phi) is 5.18. The molecule has 2 amide bonds. The average Bonchev–Trinajstić information content (AvgIpc) is 3.45. The molecule has 0 unspecified atom stereocenters. The molecule has 1 fully saturated rings. The van der Waals surface area contributed by atoms with E-state index in [1.165, 1.54) is 12.1 Å². The predicted octanol–water partition coefficient (Wildman–Crippen LogP) is 3.53. The van der Waals surface area contributed by atoms with E-state index in [0.29, 0.717) is 5.69 Å². The first-order valence-corrected chi connectivity index (χ1v) is 8.44. The number of halogens is 1. The summed E-state index contributed by atoms with van der Waals surface area (Å²) in [5, 5.41) is 16.8. The van der Waals surface area contributed by atoms with Crippen LogP contribution in [0, 0.1) is 16.0 Å². The third-order valence-electron chi connectivity index (χ3n) is 4.00. The van der Waals surface area contributed by atoms with E-state index in [4.69, 9.17) is 11.6 Å². The highest BCUT2D eigenvalue weighted by Gasteiger charge is 2.29. The zero-order valence-electron chi connectivity index (χ0n) is 13.7. The highest BCUT2D eigenvalue weighted by Crippen LogP contribution is 2.30. The molecular weight excluding hydrogens is 358 g/mol. The maximum Gasteiger partial charge on any atom is 0.283 e. The summed E-state index contributed by atoms with van der Waals surface area (Å²) < 4.78 is 0. The molecule has 134 valence electrons. The number of nitrogens with one attached hydrogen (secondary N) is 2. The summed E-state index contributed by atoms with van der Waals surface area (Å²) in [6, 6.07) is 11.0. The summed E-state index contributed by atoms with van der Waals surface area (Å²) in [6.45, 7) is 0.172. The van der Waals surface area contributed by atoms with Gasteiger partial charge in [0.05, 0.1) is 4.92 Å². The molecular formula is C18H16ClN3O4. The van der Waals surface area contributed by atoms with Crippen molar-refractivity contribution < 1.29 is 14.5 Å². The van der Waals surface area contributed by atoms with Crippen LogP contribution in [-0.4, -0.2) is 16.7 Å². The molecule has 1 saturated carbocycles. The minimum absolute atomic E-state index is 0.00275. The summed E-state index contributed by atoms with van der Waals surface area (Å²) in [5.41, 5.74) is 1.02. The number of anilines is 1. The molecule has 1 aliphatic rings. The van der Waals surface area contributed by atoms with E-state index in [0.717, 1.165) is 24.5 Å². The van der Waals surface area contributed by atoms with Crippen molar-refractivity contribution >= 4 is 34.8 Å². The van der Waals surface area contributed by atoms with Crippen molar-refractivity contribution in [1.29, 1.82) is 0 Å². The Morgan fingerprint density at radius 2 is 1.96 bits per heavy atom. The third-order valence-corrected chi connectivity index (χ3v) is 4.23. The van der Waals surface area contributed by atoms with Crippen LogP contribution in [0.2, 0.25) is 5.02 Å². The highest BCUT2D eigenvalue weighted by molar-refractivity contribution is 6.31. The quantitative estimate of drug-likeness (QED) is 0.597. The van der Waals surface area contributed by atoms with Gasteiger partial charge in [-0.15, -0.1) is 0 Å². The smallest absolute Gasteiger partial charge is 0.283 e. The number of nitrogens with zero attached hydrogens (tertiary/aromatic N) is 1. The van der Waals surface area contributed by atoms with E-state index in [1.807, 2.05) is 0 Å². The molecule has 0 spiro atoms. The van der Waals surface area contributed by atoms with Crippen molar-refractivity contribution in [3.8, 4) is 0 Å². The molecule has 26 heavy (non-hydrogen) atoms. The van der Waals surface area contributed by atoms with Gasteiger partial charge in [0.2, 0.25) is 5.91 Å². The first kappa shape index (κ1) is 17.9. The van der Waals surface area contributed by atoms with Gasteiger partial charge in [-0.1, -0.05) is 23.7 Å². The summed E-state index contributed by atoms with van der Waals surface area (Å²) in [5.74, 6) is -0.465. The van der Waals surface area contributed by atoms with Crippen molar-refractivity contribution in [2.45, 2.75) is 19.4 Å². The van der Waals surface area contributed by atoms with E-state index in [9.17, 15) is 19.7 Å². The molecule has 0 heterocycles. The molecule has 3 rings (SSSR count). The molecule has 0 saturated heterocycles. The molecule has 0 aliphatic heterocycles. The van der Waals surface area contributed by atoms with Crippen LogP contribution in [0.4, 0.5) is 11.4 Å². The second kappa shape index (κ2) is 7.53. The summed E-state index contributed by atoms with van der Waals surface area (Å²) in [6.07, 6.45) is 1.84. The Hall–Kier alpha value is -2.93. The van der Waals surface area contributed by atoms with E-state index in [-0.39, 0.29) is 34.6 Å². The average molecular weight is 374 g/mol. The fraction of sp³-hybridized carbons (Fsp3) is 0.222. The number of carbonyl (C=O) groups is 2. The Bertz CT molecular complexity index is 880. The molecule has 2 aromatic carbocycles. The van der Waals surface area contributed by atoms with Gasteiger partial charge in [-0.25, -0.2) is 0 Å². The molecule has 0 radical (unpaired) electrons. The van der Waals surface area contributed by atoms with Crippen LogP contribution in [0.3, 0.4) is 0 Å². The van der Waals surface area contributed by atoms with Crippen LogP contribution in [0.5, 0.6) is 0 Å². The highest BCUT2D eigenvalue weighted by atomic mass is 35.5. The second-order valence-electron chi connectivity index (χ2n) is 6.07. The van der Waals surface area contributed by atoms with Crippen LogP contribution in [0.25, 0.3) is 0 Å². The number of hydrogen-bond donors (Lipinski definition) is 2. The van der Waals surface area contributed by atoms with Crippen molar-refractivity contribution in [2.24, 2.45) is 5.92 Å². The molecule has 1 aliphatic carbocycles. The topological polar surface area (TPSA) is 101 Å². The van der Waals surface area contributed by atoms with Crippen LogP contribution >= 0.6 is 11.6 Å². The fourth-order valence-corrected chi connectivity index (χ4v) is 2.64. The lowest BCUT2D eigenvalue weighted by atomic mass is 10.1. The normalized spacial score (nSPS) is 13.1. The SMILES string of the molecule is O=C(NCc1cccc(NC(=O)C2CC2)c1)c1ccc(Cl)cc1[N+](=O)[O-]. The largest absolute Gasteiger partial charge is 0.348 e. The summed E-state index contributed by atoms with van der Waals surface area (Å²) in [4.78, 5) is 34.5. The fourth-order valence-electron chi connectivity index (χ4n) is 2.47. The van der Waals surface area contributed by atoms with E-state index in [1.54, 1.807) is 24.3 Å². The minimum Gasteiger partial charge on any atom is -0.348 e. The Morgan fingerprint density at radius 1 is 1.19 bits per heavy atom. The van der Waals surface area contributed by atoms with Gasteiger partial charge in [0.15, 0.2) is 0 Å². The molecule has 7 nitrogen and oxygen atoms in total. The van der Waals surface area contributed by atoms with Gasteiger partial charge in [0, 0.05) is 29.2 Å². The second-order valence-corrected chi connectivity index (χ2v) is 6.50. The van der Waals surface area contributed by atoms with Crippen molar-refractivity contribution in [3.05, 3.63) is 68.7 Å².